The van der Waals surface area contributed by atoms with E-state index >= 15 is 0 Å². The first-order chi connectivity index (χ1) is 13.7. The van der Waals surface area contributed by atoms with Crippen molar-refractivity contribution in [3.8, 4) is 0 Å². The van der Waals surface area contributed by atoms with E-state index in [-0.39, 0.29) is 52.9 Å². The molecule has 6 nitrogen and oxygen atoms in total. The molecule has 0 saturated heterocycles. The predicted octanol–water partition coefficient (Wildman–Crippen LogP) is 2.72. The summed E-state index contributed by atoms with van der Waals surface area (Å²) in [6.45, 7) is 6.55. The van der Waals surface area contributed by atoms with Crippen LogP contribution in [-0.2, 0) is 14.4 Å². The van der Waals surface area contributed by atoms with Gasteiger partial charge in [0, 0.05) is 29.7 Å². The molecule has 0 aromatic heterocycles. The highest BCUT2D eigenvalue weighted by atomic mass is 16.6. The maximum absolute atomic E-state index is 13.6. The van der Waals surface area contributed by atoms with Crippen LogP contribution >= 0.6 is 0 Å². The second-order valence-electron chi connectivity index (χ2n) is 10.6. The molecule has 0 amide bonds. The van der Waals surface area contributed by atoms with E-state index in [1.54, 1.807) is 0 Å². The fourth-order valence-electron chi connectivity index (χ4n) is 7.29. The molecule has 6 heteroatoms. The SMILES string of the molecule is C[C@@H](N)CON=C1CC[C@@]2(C)C(C1)[C@@H](CO)C(=O)[C@@H]1[C@@H]2CC[C@]2(C)C(=O)CC[C@@H]12. The molecule has 0 bridgehead atoms. The first-order valence-corrected chi connectivity index (χ1v) is 11.3. The van der Waals surface area contributed by atoms with Gasteiger partial charge < -0.3 is 15.7 Å². The van der Waals surface area contributed by atoms with Crippen LogP contribution in [0.4, 0.5) is 0 Å². The smallest absolute Gasteiger partial charge is 0.142 e. The van der Waals surface area contributed by atoms with E-state index in [1.807, 2.05) is 6.92 Å². The third-order valence-electron chi connectivity index (χ3n) is 8.99. The van der Waals surface area contributed by atoms with E-state index in [2.05, 4.69) is 19.0 Å². The topological polar surface area (TPSA) is 102 Å². The molecule has 4 rings (SSSR count). The van der Waals surface area contributed by atoms with Gasteiger partial charge >= 0.3 is 0 Å². The minimum Gasteiger partial charge on any atom is -0.396 e. The largest absolute Gasteiger partial charge is 0.396 e. The molecule has 4 aliphatic carbocycles. The number of carbonyl (C=O) groups excluding carboxylic acids is 2. The fourth-order valence-corrected chi connectivity index (χ4v) is 7.29. The van der Waals surface area contributed by atoms with Gasteiger partial charge in [0.1, 0.15) is 18.2 Å². The number of hydrogen-bond acceptors (Lipinski definition) is 6. The van der Waals surface area contributed by atoms with Gasteiger partial charge in [-0.05, 0) is 68.6 Å². The normalized spacial score (nSPS) is 46.8. The molecule has 4 aliphatic rings. The molecule has 0 heterocycles. The Balaban J connectivity index is 1.62. The fraction of sp³-hybridized carbons (Fsp3) is 0.870. The minimum atomic E-state index is -0.363. The van der Waals surface area contributed by atoms with Gasteiger partial charge in [0.15, 0.2) is 0 Å². The van der Waals surface area contributed by atoms with Crippen molar-refractivity contribution < 1.29 is 19.5 Å². The summed E-state index contributed by atoms with van der Waals surface area (Å²) < 4.78 is 0. The molecule has 0 aromatic rings. The highest BCUT2D eigenvalue weighted by Crippen LogP contribution is 2.65. The number of fused-ring (bicyclic) bond motifs is 5. The van der Waals surface area contributed by atoms with Crippen LogP contribution in [0.1, 0.15) is 65.7 Å². The second kappa shape index (κ2) is 7.45. The summed E-state index contributed by atoms with van der Waals surface area (Å²) >= 11 is 0. The zero-order chi connectivity index (χ0) is 21.0. The molecular weight excluding hydrogens is 368 g/mol. The summed E-state index contributed by atoms with van der Waals surface area (Å²) in [4.78, 5) is 31.7. The monoisotopic (exact) mass is 404 g/mol. The van der Waals surface area contributed by atoms with E-state index in [0.717, 1.165) is 37.8 Å². The summed E-state index contributed by atoms with van der Waals surface area (Å²) in [5.41, 5.74) is 6.38. The molecule has 4 fully saturated rings. The molecule has 0 aliphatic heterocycles. The van der Waals surface area contributed by atoms with Gasteiger partial charge in [-0.2, -0.15) is 0 Å². The van der Waals surface area contributed by atoms with Crippen molar-refractivity contribution in [2.45, 2.75) is 71.8 Å². The Morgan fingerprint density at radius 1 is 1.17 bits per heavy atom. The Kier molecular flexibility index (Phi) is 5.39. The summed E-state index contributed by atoms with van der Waals surface area (Å²) in [6, 6.07) is -0.0684. The minimum absolute atomic E-state index is 0.000873. The third-order valence-corrected chi connectivity index (χ3v) is 8.99. The standard InChI is InChI=1S/C23H36N2O4/c1-13(24)12-29-25-14-6-8-22(2)17-7-9-23(3)16(4-5-19(23)27)20(17)21(28)15(11-26)18(22)10-14/h13,15-18,20,26H,4-12,24H2,1-3H3/t13-,15-,16+,17+,18?,20+,22-,23+/m1/s1. The molecular formula is C23H36N2O4. The van der Waals surface area contributed by atoms with E-state index < -0.39 is 0 Å². The average Bonchev–Trinajstić information content (AvgIpc) is 2.98. The lowest BCUT2D eigenvalue weighted by Gasteiger charge is -2.60. The Morgan fingerprint density at radius 2 is 1.93 bits per heavy atom. The van der Waals surface area contributed by atoms with Crippen LogP contribution in [0.15, 0.2) is 5.16 Å². The van der Waals surface area contributed by atoms with Gasteiger partial charge in [-0.3, -0.25) is 9.59 Å². The lowest BCUT2D eigenvalue weighted by Crippen LogP contribution is -2.61. The molecule has 1 unspecified atom stereocenters. The summed E-state index contributed by atoms with van der Waals surface area (Å²) in [6.07, 6.45) is 5.80. The van der Waals surface area contributed by atoms with Crippen molar-refractivity contribution in [2.75, 3.05) is 13.2 Å². The number of rotatable bonds is 4. The van der Waals surface area contributed by atoms with Crippen molar-refractivity contribution in [3.05, 3.63) is 0 Å². The predicted molar refractivity (Wildman–Crippen MR) is 110 cm³/mol. The van der Waals surface area contributed by atoms with Crippen molar-refractivity contribution in [2.24, 2.45) is 51.3 Å². The van der Waals surface area contributed by atoms with E-state index in [9.17, 15) is 14.7 Å². The second-order valence-corrected chi connectivity index (χ2v) is 10.6. The Labute approximate surface area is 173 Å². The van der Waals surface area contributed by atoms with Gasteiger partial charge in [0.2, 0.25) is 0 Å². The molecule has 0 radical (unpaired) electrons. The number of carbonyl (C=O) groups is 2. The quantitative estimate of drug-likeness (QED) is 0.702. The van der Waals surface area contributed by atoms with Crippen LogP contribution in [-0.4, -0.2) is 41.6 Å². The first kappa shape index (κ1) is 21.0. The van der Waals surface area contributed by atoms with Crippen molar-refractivity contribution >= 4 is 17.3 Å². The number of nitrogens with zero attached hydrogens (tertiary/aromatic N) is 1. The number of aliphatic hydroxyl groups excluding tert-OH is 1. The van der Waals surface area contributed by atoms with Gasteiger partial charge in [0.25, 0.3) is 0 Å². The number of hydrogen-bond donors (Lipinski definition) is 2. The lowest BCUT2D eigenvalue weighted by molar-refractivity contribution is -0.166. The van der Waals surface area contributed by atoms with Gasteiger partial charge in [-0.25, -0.2) is 0 Å². The Bertz CT molecular complexity index is 720. The first-order valence-electron chi connectivity index (χ1n) is 11.3. The Morgan fingerprint density at radius 3 is 2.62 bits per heavy atom. The zero-order valence-corrected chi connectivity index (χ0v) is 18.0. The number of Topliss-reactive ketones (excluding diaryl/α,β-unsaturated/α-hetero) is 2. The number of oxime groups is 1. The van der Waals surface area contributed by atoms with Crippen molar-refractivity contribution in [3.63, 3.8) is 0 Å². The third kappa shape index (κ3) is 3.18. The zero-order valence-electron chi connectivity index (χ0n) is 18.0. The lowest BCUT2D eigenvalue weighted by atomic mass is 9.43. The Hall–Kier alpha value is -1.27. The average molecular weight is 405 g/mol. The highest BCUT2D eigenvalue weighted by molar-refractivity contribution is 5.93. The van der Waals surface area contributed by atoms with Crippen LogP contribution < -0.4 is 5.73 Å². The van der Waals surface area contributed by atoms with Crippen LogP contribution in [0.25, 0.3) is 0 Å². The van der Waals surface area contributed by atoms with E-state index in [0.29, 0.717) is 31.1 Å². The molecule has 162 valence electrons. The van der Waals surface area contributed by atoms with Crippen LogP contribution in [0.5, 0.6) is 0 Å². The summed E-state index contributed by atoms with van der Waals surface area (Å²) in [7, 11) is 0. The van der Waals surface area contributed by atoms with Crippen molar-refractivity contribution in [1.29, 1.82) is 0 Å². The van der Waals surface area contributed by atoms with E-state index in [4.69, 9.17) is 10.6 Å². The van der Waals surface area contributed by atoms with Crippen LogP contribution in [0.3, 0.4) is 0 Å². The van der Waals surface area contributed by atoms with Gasteiger partial charge in [0.05, 0.1) is 12.3 Å². The molecule has 4 saturated carbocycles. The molecule has 8 atom stereocenters. The van der Waals surface area contributed by atoms with Crippen LogP contribution in [0.2, 0.25) is 0 Å². The highest BCUT2D eigenvalue weighted by Gasteiger charge is 2.64. The molecule has 3 N–H and O–H groups in total. The van der Waals surface area contributed by atoms with Crippen LogP contribution in [0, 0.1) is 40.4 Å². The van der Waals surface area contributed by atoms with Gasteiger partial charge in [-0.15, -0.1) is 0 Å². The van der Waals surface area contributed by atoms with Gasteiger partial charge in [-0.1, -0.05) is 19.0 Å². The molecule has 0 aromatic carbocycles. The number of ketones is 2. The maximum atomic E-state index is 13.6. The molecule has 29 heavy (non-hydrogen) atoms. The van der Waals surface area contributed by atoms with E-state index in [1.165, 1.54) is 0 Å². The number of nitrogens with two attached hydrogens (primary N) is 1. The number of aliphatic hydroxyl groups is 1. The summed E-state index contributed by atoms with van der Waals surface area (Å²) in [5.74, 6) is 0.642. The molecule has 0 spiro atoms. The maximum Gasteiger partial charge on any atom is 0.142 e. The van der Waals surface area contributed by atoms with Crippen molar-refractivity contribution in [1.82, 2.24) is 0 Å². The summed E-state index contributed by atoms with van der Waals surface area (Å²) in [5, 5.41) is 14.5.